The fourth-order valence-corrected chi connectivity index (χ4v) is 395. The molecule has 0 fully saturated rings. The molecule has 42 heteroatoms. The highest BCUT2D eigenvalue weighted by atomic mass is 79.9. The van der Waals surface area contributed by atoms with Crippen molar-refractivity contribution in [3.8, 4) is 29.2 Å². The first kappa shape index (κ1) is 77.2. The fraction of sp³-hybridized carbons (Fsp3) is 0.0870. The van der Waals surface area contributed by atoms with Crippen molar-refractivity contribution >= 4 is 318 Å². The van der Waals surface area contributed by atoms with Gasteiger partial charge in [0.2, 0.25) is 0 Å². The second kappa shape index (κ2) is 42.9. The van der Waals surface area contributed by atoms with E-state index >= 15 is 0 Å². The summed E-state index contributed by atoms with van der Waals surface area (Å²) in [7, 11) is 65.3. The molecule has 2 N–H and O–H groups in total. The molecule has 0 heterocycles. The molecule has 368 valence electrons. The average Bonchev–Trinajstić information content (AvgIpc) is 3.22. The van der Waals surface area contributed by atoms with Gasteiger partial charge in [-0.15, -0.1) is 185 Å². The molecule has 0 spiro atoms. The minimum Gasteiger partial charge on any atom is -0.494 e. The van der Waals surface area contributed by atoms with Gasteiger partial charge in [-0.2, -0.15) is 0 Å². The molecule has 4 nitrogen and oxygen atoms in total. The standard InChI is InChI=1S/C16H12O2.C7H7BrFNO.H22P20.H18P16/c1-3-12-5-4-6-15(11-12)13-7-9-14(10-8-13)16(17)18-2;1-11-6-3-4(9)2-5(8)7(6)10;1-12(2)17(11)20(18(13(3)4)14(5)6)19(15(7)8)16(9)10;1-10(2)14(9)16(13(7)8)15(11(3)4)12(5)6/h1,4-11H,2H3;2-3H,10H2,1H3;1-11H2;1-9H2. The SMILES string of the molecule is C#Cc1cccc(-c2ccc(C(=O)OC)cc2)c1.COc1cc(F)cc(Br)c1N.PP(P)P(P)P(P(P(P)P)P(P)P)P(P(P)P)P(P)P.PP(P)P(P)P(P(P)P)P(P(P)P)P(P)P. The van der Waals surface area contributed by atoms with Gasteiger partial charge in [-0.25, -0.2) is 9.18 Å². The second-order valence-electron chi connectivity index (χ2n) is 11.2. The van der Waals surface area contributed by atoms with E-state index in [1.807, 2.05) is 36.4 Å². The summed E-state index contributed by atoms with van der Waals surface area (Å²) in [6.45, 7) is 1.36. The lowest BCUT2D eigenvalue weighted by Gasteiger charge is -2.45. The van der Waals surface area contributed by atoms with Crippen molar-refractivity contribution < 1.29 is 18.7 Å². The smallest absolute Gasteiger partial charge is 0.337 e. The lowest BCUT2D eigenvalue weighted by molar-refractivity contribution is 0.0600. The number of anilines is 1. The van der Waals surface area contributed by atoms with E-state index in [1.165, 1.54) is 26.4 Å². The zero-order valence-electron chi connectivity index (χ0n) is 34.6. The molecule has 0 radical (unpaired) electrons. The highest BCUT2D eigenvalue weighted by Gasteiger charge is 2.42. The number of carbonyl (C=O) groups is 1. The van der Waals surface area contributed by atoms with Gasteiger partial charge in [0.15, 0.2) is 0 Å². The number of esters is 1. The van der Waals surface area contributed by atoms with Gasteiger partial charge in [0.05, 0.1) is 25.5 Å². The van der Waals surface area contributed by atoms with Crippen LogP contribution in [0.1, 0.15) is 15.9 Å². The molecule has 3 aromatic carbocycles. The molecule has 23 atom stereocenters. The molecule has 3 rings (SSSR count). The van der Waals surface area contributed by atoms with E-state index in [-0.39, 0.29) is 124 Å². The highest BCUT2D eigenvalue weighted by Crippen LogP contribution is 3.30. The van der Waals surface area contributed by atoms with Gasteiger partial charge in [0.1, 0.15) is 11.6 Å². The summed E-state index contributed by atoms with van der Waals surface area (Å²) < 4.78 is 22.6. The first-order valence-corrected chi connectivity index (χ1v) is 80.9. The van der Waals surface area contributed by atoms with Gasteiger partial charge in [-0.3, -0.25) is 0 Å². The van der Waals surface area contributed by atoms with Crippen molar-refractivity contribution in [3.63, 3.8) is 0 Å². The van der Waals surface area contributed by atoms with E-state index in [1.54, 1.807) is 12.1 Å². The van der Waals surface area contributed by atoms with E-state index in [4.69, 9.17) is 16.9 Å². The van der Waals surface area contributed by atoms with E-state index in [0.29, 0.717) is 21.5 Å². The van der Waals surface area contributed by atoms with Crippen LogP contribution in [0.3, 0.4) is 0 Å². The average molecular weight is 1610 g/mol. The Labute approximate surface area is 462 Å². The zero-order chi connectivity index (χ0) is 50.6. The maximum absolute atomic E-state index is 12.6. The molecule has 0 aliphatic carbocycles. The first-order valence-electron chi connectivity index (χ1n) is 16.4. The van der Waals surface area contributed by atoms with Crippen LogP contribution in [-0.4, -0.2) is 20.2 Å². The number of halogens is 2. The van der Waals surface area contributed by atoms with Gasteiger partial charge in [0.25, 0.3) is 0 Å². The molecular formula is C23H59BrFNO3P36. The maximum atomic E-state index is 12.6. The summed E-state index contributed by atoms with van der Waals surface area (Å²) in [5.41, 5.74) is 9.35. The van der Waals surface area contributed by atoms with Crippen LogP contribution in [0.15, 0.2) is 65.1 Å². The van der Waals surface area contributed by atoms with Crippen LogP contribution in [0.2, 0.25) is 0 Å². The predicted molar refractivity (Wildman–Crippen MR) is 421 cm³/mol. The van der Waals surface area contributed by atoms with E-state index < -0.39 is 0 Å². The van der Waals surface area contributed by atoms with Crippen molar-refractivity contribution in [3.05, 3.63) is 82.1 Å². The van der Waals surface area contributed by atoms with Gasteiger partial charge in [-0.1, -0.05) is 30.2 Å². The minimum absolute atomic E-state index is 0.0247. The van der Waals surface area contributed by atoms with Crippen molar-refractivity contribution in [2.24, 2.45) is 0 Å². The van der Waals surface area contributed by atoms with Crippen LogP contribution in [0, 0.1) is 18.2 Å². The molecule has 23 unspecified atom stereocenters. The van der Waals surface area contributed by atoms with Crippen molar-refractivity contribution in [2.45, 2.75) is 0 Å². The number of hydrogen-bond acceptors (Lipinski definition) is 4. The molecule has 65 heavy (non-hydrogen) atoms. The summed E-state index contributed by atoms with van der Waals surface area (Å²) in [5.74, 6) is 2.24. The molecule has 3 aromatic rings. The summed E-state index contributed by atoms with van der Waals surface area (Å²) >= 11 is 3.09. The van der Waals surface area contributed by atoms with E-state index in [9.17, 15) is 9.18 Å². The van der Waals surface area contributed by atoms with Gasteiger partial charge < -0.3 is 15.2 Å². The maximum Gasteiger partial charge on any atom is 0.337 e. The van der Waals surface area contributed by atoms with Gasteiger partial charge in [0, 0.05) is 16.1 Å². The van der Waals surface area contributed by atoms with Crippen molar-refractivity contribution in [1.82, 2.24) is 0 Å². The summed E-state index contributed by atoms with van der Waals surface area (Å²) in [5, 5.41) is 0. The van der Waals surface area contributed by atoms with Crippen LogP contribution in [0.5, 0.6) is 5.75 Å². The van der Waals surface area contributed by atoms with E-state index in [2.05, 4.69) is 205 Å². The zero-order valence-corrected chi connectivity index (χ0v) is 73.6. The number of nitrogens with two attached hydrogens (primary N) is 1. The third-order valence-corrected chi connectivity index (χ3v) is 229. The number of methoxy groups -OCH3 is 2. The molecule has 0 bridgehead atoms. The number of ether oxygens (including phenoxy) is 2. The van der Waals surface area contributed by atoms with E-state index in [0.717, 1.165) is 16.7 Å². The molecule has 0 aromatic heterocycles. The van der Waals surface area contributed by atoms with Gasteiger partial charge >= 0.3 is 5.97 Å². The molecule has 0 amide bonds. The van der Waals surface area contributed by atoms with Crippen LogP contribution in [0.25, 0.3) is 11.1 Å². The fourth-order valence-electron chi connectivity index (χ4n) is 4.05. The van der Waals surface area contributed by atoms with Crippen LogP contribution < -0.4 is 10.5 Å². The minimum atomic E-state index is -0.372. The Hall–Kier alpha value is 12.2. The third-order valence-electron chi connectivity index (χ3n) is 6.71. The number of hydrogen-bond donors (Lipinski definition) is 1. The second-order valence-corrected chi connectivity index (χ2v) is 153. The Bertz CT molecular complexity index is 1830. The number of terminal acetylenes is 1. The van der Waals surface area contributed by atoms with Crippen LogP contribution in [-0.2, 0) is 4.74 Å². The molecule has 0 aliphatic rings. The lowest BCUT2D eigenvalue weighted by Crippen LogP contribution is -2.00. The summed E-state index contributed by atoms with van der Waals surface area (Å²) in [6, 6.07) is 17.5. The molecule has 0 saturated carbocycles. The van der Waals surface area contributed by atoms with Crippen LogP contribution >= 0.6 is 306 Å². The monoisotopic (exact) mass is 1610 g/mol. The topological polar surface area (TPSA) is 61.5 Å². The summed E-state index contributed by atoms with van der Waals surface area (Å²) in [6.07, 6.45) is 5.37. The normalized spacial score (nSPS) is 13.1. The van der Waals surface area contributed by atoms with Crippen molar-refractivity contribution in [1.29, 1.82) is 0 Å². The number of carbonyl (C=O) groups excluding carboxylic acids is 1. The Morgan fingerprint density at radius 3 is 1.32 bits per heavy atom. The Kier molecular flexibility index (Phi) is 50.9. The van der Waals surface area contributed by atoms with Crippen molar-refractivity contribution in [2.75, 3.05) is 20.0 Å². The third kappa shape index (κ3) is 30.0. The number of rotatable bonds is 17. The largest absolute Gasteiger partial charge is 0.494 e. The van der Waals surface area contributed by atoms with Gasteiger partial charge in [-0.05, 0) is 169 Å². The number of nitrogen functional groups attached to an aromatic ring is 1. The quantitative estimate of drug-likeness (QED) is 0.0633. The molecular weight excluding hydrogens is 1550 g/mol. The highest BCUT2D eigenvalue weighted by molar-refractivity contribution is 9.36. The Morgan fingerprint density at radius 1 is 0.569 bits per heavy atom. The van der Waals surface area contributed by atoms with Crippen LogP contribution in [0.4, 0.5) is 10.1 Å². The predicted octanol–water partition coefficient (Wildman–Crippen LogP) is 25.6. The number of benzene rings is 3. The molecule has 0 saturated heterocycles. The Balaban J connectivity index is 0.000000855. The first-order chi connectivity index (χ1) is 30.1. The lowest BCUT2D eigenvalue weighted by atomic mass is 10.0. The summed E-state index contributed by atoms with van der Waals surface area (Å²) in [4.78, 5) is 11.3. The molecule has 0 aliphatic heterocycles. The Morgan fingerprint density at radius 2 is 0.969 bits per heavy atom.